The number of likely N-dealkylation sites (N-methyl/N-ethyl adjacent to an activating group) is 1. The van der Waals surface area contributed by atoms with Crippen LogP contribution in [0.15, 0.2) is 42.5 Å². The third kappa shape index (κ3) is 5.59. The van der Waals surface area contributed by atoms with Crippen molar-refractivity contribution in [2.24, 2.45) is 0 Å². The van der Waals surface area contributed by atoms with Crippen LogP contribution in [0, 0.1) is 0 Å². The van der Waals surface area contributed by atoms with Crippen molar-refractivity contribution in [3.63, 3.8) is 0 Å². The fourth-order valence-electron chi connectivity index (χ4n) is 4.47. The van der Waals surface area contributed by atoms with Gasteiger partial charge in [-0.1, -0.05) is 24.3 Å². The number of piperazine rings is 1. The van der Waals surface area contributed by atoms with Crippen molar-refractivity contribution in [3.05, 3.63) is 64.7 Å². The first kappa shape index (κ1) is 28.1. The number of rotatable bonds is 7. The second-order valence-electron chi connectivity index (χ2n) is 9.08. The molecule has 1 saturated heterocycles. The van der Waals surface area contributed by atoms with Crippen molar-refractivity contribution in [3.8, 4) is 5.75 Å². The first-order chi connectivity index (χ1) is 19.0. The van der Waals surface area contributed by atoms with E-state index in [1.165, 1.54) is 41.3 Å². The molecule has 0 unspecified atom stereocenters. The number of imide groups is 1. The van der Waals surface area contributed by atoms with Crippen LogP contribution in [0.4, 0.5) is 4.79 Å². The van der Waals surface area contributed by atoms with Crippen LogP contribution in [0.5, 0.6) is 5.75 Å². The number of amides is 5. The second kappa shape index (κ2) is 11.4. The second-order valence-corrected chi connectivity index (χ2v) is 9.08. The average Bonchev–Trinajstić information content (AvgIpc) is 2.93. The molecule has 2 atom stereocenters. The van der Waals surface area contributed by atoms with Gasteiger partial charge in [-0.05, 0) is 42.7 Å². The lowest BCUT2D eigenvalue weighted by molar-refractivity contribution is -0.153. The molecule has 2 heterocycles. The lowest BCUT2D eigenvalue weighted by atomic mass is 9.72. The SMILES string of the molecule is CCN1CCN(C(=O)N[C@H](C(=O)N[C@H]2Cc3cccc(C(=O)O)c3OB2O)c2ccc(C(=O)O)cc2)C(=O)C1=O. The highest BCUT2D eigenvalue weighted by Gasteiger charge is 2.41. The molecule has 5 amide bonds. The Hall–Kier alpha value is -4.92. The summed E-state index contributed by atoms with van der Waals surface area (Å²) < 4.78 is 5.40. The maximum absolute atomic E-state index is 13.4. The van der Waals surface area contributed by atoms with E-state index in [1.54, 1.807) is 13.0 Å². The zero-order chi connectivity index (χ0) is 29.1. The van der Waals surface area contributed by atoms with Gasteiger partial charge in [-0.2, -0.15) is 0 Å². The van der Waals surface area contributed by atoms with Crippen molar-refractivity contribution >= 4 is 42.8 Å². The zero-order valence-electron chi connectivity index (χ0n) is 21.2. The third-order valence-electron chi connectivity index (χ3n) is 6.63. The molecule has 4 rings (SSSR count). The highest BCUT2D eigenvalue weighted by molar-refractivity contribution is 6.47. The smallest absolute Gasteiger partial charge is 0.534 e. The van der Waals surface area contributed by atoms with Gasteiger partial charge in [-0.25, -0.2) is 14.4 Å². The number of benzene rings is 2. The molecule has 15 heteroatoms. The molecule has 2 aromatic carbocycles. The molecule has 208 valence electrons. The maximum Gasteiger partial charge on any atom is 0.547 e. The van der Waals surface area contributed by atoms with Crippen LogP contribution >= 0.6 is 0 Å². The number of aromatic carboxylic acids is 2. The van der Waals surface area contributed by atoms with Crippen LogP contribution in [-0.4, -0.2) is 93.4 Å². The number of nitrogens with zero attached hydrogens (tertiary/aromatic N) is 2. The normalized spacial score (nSPS) is 17.4. The third-order valence-corrected chi connectivity index (χ3v) is 6.63. The fraction of sp³-hybridized carbons (Fsp3) is 0.280. The number of hydrogen-bond acceptors (Lipinski definition) is 8. The number of para-hydroxylation sites is 1. The fourth-order valence-corrected chi connectivity index (χ4v) is 4.47. The minimum absolute atomic E-state index is 0.00601. The van der Waals surface area contributed by atoms with Crippen molar-refractivity contribution in [1.29, 1.82) is 0 Å². The largest absolute Gasteiger partial charge is 0.547 e. The van der Waals surface area contributed by atoms with Crippen molar-refractivity contribution in [1.82, 2.24) is 20.4 Å². The quantitative estimate of drug-likeness (QED) is 0.223. The predicted octanol–water partition coefficient (Wildman–Crippen LogP) is -0.336. The Kier molecular flexibility index (Phi) is 8.04. The molecule has 0 bridgehead atoms. The summed E-state index contributed by atoms with van der Waals surface area (Å²) in [5, 5.41) is 34.1. The molecule has 0 spiro atoms. The molecule has 2 aliphatic rings. The van der Waals surface area contributed by atoms with Crippen molar-refractivity contribution in [2.75, 3.05) is 19.6 Å². The molecule has 0 aromatic heterocycles. The molecule has 0 aliphatic carbocycles. The van der Waals surface area contributed by atoms with Crippen molar-refractivity contribution < 1.29 is 48.7 Å². The number of carboxylic acids is 2. The lowest BCUT2D eigenvalue weighted by Gasteiger charge is -2.33. The standard InChI is InChI=1S/C25H25BN4O10/c1-2-29-10-11-30(22(33)21(29)32)25(38)28-18(13-6-8-14(9-7-13)23(34)35)20(31)27-17-12-15-4-3-5-16(24(36)37)19(15)40-26(17)39/h3-9,17-18,39H,2,10-12H2,1H3,(H,27,31)(H,28,38)(H,34,35)(H,36,37)/t17-,18-/m0/s1. The van der Waals surface area contributed by atoms with E-state index < -0.39 is 54.8 Å². The van der Waals surface area contributed by atoms with Gasteiger partial charge in [0.15, 0.2) is 0 Å². The molecule has 2 aliphatic heterocycles. The number of carbonyl (C=O) groups excluding carboxylic acids is 4. The van der Waals surface area contributed by atoms with Crippen LogP contribution < -0.4 is 15.3 Å². The summed E-state index contributed by atoms with van der Waals surface area (Å²) in [6.07, 6.45) is -0.00601. The van der Waals surface area contributed by atoms with Gasteiger partial charge in [-0.15, -0.1) is 0 Å². The lowest BCUT2D eigenvalue weighted by Crippen LogP contribution is -2.60. The van der Waals surface area contributed by atoms with E-state index in [-0.39, 0.29) is 48.5 Å². The highest BCUT2D eigenvalue weighted by Crippen LogP contribution is 2.30. The topological polar surface area (TPSA) is 203 Å². The Morgan fingerprint density at radius 3 is 2.35 bits per heavy atom. The Morgan fingerprint density at radius 2 is 1.73 bits per heavy atom. The summed E-state index contributed by atoms with van der Waals surface area (Å²) in [5.41, 5.74) is 0.335. The van der Waals surface area contributed by atoms with Gasteiger partial charge in [0.05, 0.1) is 17.1 Å². The summed E-state index contributed by atoms with van der Waals surface area (Å²) >= 11 is 0. The molecule has 2 aromatic rings. The van der Waals surface area contributed by atoms with Gasteiger partial charge < -0.3 is 35.4 Å². The number of carbonyl (C=O) groups is 6. The van der Waals surface area contributed by atoms with E-state index in [0.717, 1.165) is 0 Å². The summed E-state index contributed by atoms with van der Waals surface area (Å²) in [7, 11) is -1.64. The first-order valence-corrected chi connectivity index (χ1v) is 12.3. The van der Waals surface area contributed by atoms with Gasteiger partial charge in [0, 0.05) is 19.6 Å². The van der Waals surface area contributed by atoms with E-state index in [0.29, 0.717) is 10.5 Å². The minimum Gasteiger partial charge on any atom is -0.534 e. The Bertz CT molecular complexity index is 1380. The maximum atomic E-state index is 13.4. The van der Waals surface area contributed by atoms with Crippen LogP contribution in [0.3, 0.4) is 0 Å². The molecular formula is C25H25BN4O10. The molecule has 1 fully saturated rings. The van der Waals surface area contributed by atoms with Crippen LogP contribution in [0.1, 0.15) is 44.8 Å². The number of hydrogen-bond donors (Lipinski definition) is 5. The molecular weight excluding hydrogens is 527 g/mol. The summed E-state index contributed by atoms with van der Waals surface area (Å²) in [6.45, 7) is 1.98. The molecule has 0 radical (unpaired) electrons. The van der Waals surface area contributed by atoms with Crippen LogP contribution in [0.2, 0.25) is 0 Å². The number of urea groups is 1. The predicted molar refractivity (Wildman–Crippen MR) is 136 cm³/mol. The van der Waals surface area contributed by atoms with Crippen LogP contribution in [-0.2, 0) is 20.8 Å². The summed E-state index contributed by atoms with van der Waals surface area (Å²) in [6, 6.07) is 6.94. The summed E-state index contributed by atoms with van der Waals surface area (Å²) in [5.74, 6) is -6.32. The van der Waals surface area contributed by atoms with Gasteiger partial charge >= 0.3 is 36.9 Å². The highest BCUT2D eigenvalue weighted by atomic mass is 16.5. The average molecular weight is 552 g/mol. The molecule has 5 N–H and O–H groups in total. The van der Waals surface area contributed by atoms with E-state index in [2.05, 4.69) is 10.6 Å². The number of fused-ring (bicyclic) bond motifs is 1. The number of nitrogens with one attached hydrogen (secondary N) is 2. The van der Waals surface area contributed by atoms with Gasteiger partial charge in [0.1, 0.15) is 11.8 Å². The van der Waals surface area contributed by atoms with Crippen LogP contribution in [0.25, 0.3) is 0 Å². The van der Waals surface area contributed by atoms with E-state index in [4.69, 9.17) is 4.65 Å². The first-order valence-electron chi connectivity index (χ1n) is 12.3. The minimum atomic E-state index is -1.64. The number of carboxylic acid groups (broad SMARTS) is 2. The van der Waals surface area contributed by atoms with E-state index in [9.17, 15) is 44.0 Å². The van der Waals surface area contributed by atoms with E-state index >= 15 is 0 Å². The molecule has 14 nitrogen and oxygen atoms in total. The van der Waals surface area contributed by atoms with Gasteiger partial charge in [0.2, 0.25) is 5.91 Å². The Morgan fingerprint density at radius 1 is 1.02 bits per heavy atom. The zero-order valence-corrected chi connectivity index (χ0v) is 21.2. The summed E-state index contributed by atoms with van der Waals surface area (Å²) in [4.78, 5) is 76.0. The van der Waals surface area contributed by atoms with Gasteiger partial charge in [-0.3, -0.25) is 19.3 Å². The van der Waals surface area contributed by atoms with E-state index in [1.807, 2.05) is 0 Å². The van der Waals surface area contributed by atoms with Gasteiger partial charge in [0.25, 0.3) is 0 Å². The van der Waals surface area contributed by atoms with Crippen molar-refractivity contribution in [2.45, 2.75) is 25.3 Å². The monoisotopic (exact) mass is 552 g/mol. The molecule has 0 saturated carbocycles. The Labute approximate surface area is 227 Å². The Balaban J connectivity index is 1.57. The molecule has 40 heavy (non-hydrogen) atoms.